The van der Waals surface area contributed by atoms with Crippen molar-refractivity contribution in [2.75, 3.05) is 105 Å². The lowest BCUT2D eigenvalue weighted by Gasteiger charge is -2.37. The van der Waals surface area contributed by atoms with Crippen LogP contribution in [-0.4, -0.2) is 289 Å². The number of fused-ring (bicyclic) bond motifs is 7. The van der Waals surface area contributed by atoms with Crippen LogP contribution >= 0.6 is 26.9 Å². The topological polar surface area (TPSA) is 599 Å². The number of nitrogens with one attached hydrogen (secondary N) is 3. The van der Waals surface area contributed by atoms with E-state index in [2.05, 4.69) is 49.8 Å². The maximum Gasteiger partial charge on any atom is 0.330 e. The maximum absolute atomic E-state index is 13.7. The van der Waals surface area contributed by atoms with Gasteiger partial charge in [-0.2, -0.15) is 9.97 Å². The second-order valence-electron chi connectivity index (χ2n) is 27.6. The van der Waals surface area contributed by atoms with E-state index in [0.29, 0.717) is 0 Å². The summed E-state index contributed by atoms with van der Waals surface area (Å²) in [6, 6.07) is 0. The SMILES string of the molecule is CC[C@H]1O[C@@H](n2cnc3c(=O)[nH]c(N)nc32)C(OCCOC)[C@H]1OP(O)(=S)OC[C@]12O[C@@H](n3cnc4c(N)ncnc43)C(O[C@H]1C)[C@H]2OP(O)(=S)OC[C@H]1O[C@@H](n2cnc3c(=O)[nH]c(N)nc32)C(OCCOC)[C@H]1OP(O)(=S)OC[C@]12O[C@@H](n3cc(C)c(=O)[nH]c3=O)C(O[C@H]1C)[C@H]2OP(O)(=S)OC[C@H]1O[C@@H](C)C(OCCOC)[C@H]1O. The zero-order chi connectivity index (χ0) is 82.2. The molecule has 26 atom stereocenters. The number of ether oxygens (including phenoxy) is 13. The average molecular weight is 1780 g/mol. The summed E-state index contributed by atoms with van der Waals surface area (Å²) in [5, 5.41) is 11.2. The van der Waals surface area contributed by atoms with Crippen LogP contribution in [0.5, 0.6) is 0 Å². The Morgan fingerprint density at radius 3 is 1.45 bits per heavy atom. The van der Waals surface area contributed by atoms with Crippen molar-refractivity contribution >= 4 is 125 Å². The first-order valence-corrected chi connectivity index (χ1v) is 46.0. The molecule has 14 heterocycles. The fraction of sp³-hybridized carbons (Fsp3) is 0.683. The number of nitrogens with zero attached hydrogens (tertiary/aromatic N) is 11. The minimum absolute atomic E-state index is 0.0120. The molecule has 0 aliphatic carbocycles. The molecule has 9 unspecified atom stereocenters. The highest BCUT2D eigenvalue weighted by molar-refractivity contribution is 8.08. The van der Waals surface area contributed by atoms with E-state index in [9.17, 15) is 43.9 Å². The minimum Gasteiger partial charge on any atom is -0.387 e. The summed E-state index contributed by atoms with van der Waals surface area (Å²) < 4.78 is 136. The highest BCUT2D eigenvalue weighted by Crippen LogP contribution is 2.62. The van der Waals surface area contributed by atoms with Gasteiger partial charge >= 0.3 is 32.6 Å². The highest BCUT2D eigenvalue weighted by Gasteiger charge is 2.71. The van der Waals surface area contributed by atoms with Crippen LogP contribution in [0.2, 0.25) is 0 Å². The number of rotatable bonds is 37. The molecule has 0 saturated carbocycles. The molecular weight excluding hydrogens is 1690 g/mol. The number of nitrogens with two attached hydrogens (primary N) is 3. The van der Waals surface area contributed by atoms with Crippen LogP contribution in [-0.2, 0) is 145 Å². The lowest BCUT2D eigenvalue weighted by molar-refractivity contribution is -0.216. The average Bonchev–Trinajstić information content (AvgIpc) is 1.55. The first-order chi connectivity index (χ1) is 54.6. The van der Waals surface area contributed by atoms with Crippen molar-refractivity contribution < 1.29 is 122 Å². The Morgan fingerprint density at radius 1 is 0.513 bits per heavy atom. The molecule has 14 N–H and O–H groups in total. The lowest BCUT2D eigenvalue weighted by atomic mass is 9.94. The Kier molecular flexibility index (Phi) is 25.8. The molecule has 47 nitrogen and oxygen atoms in total. The Morgan fingerprint density at radius 2 is 0.957 bits per heavy atom. The van der Waals surface area contributed by atoms with Gasteiger partial charge in [-0.15, -0.1) is 0 Å². The quantitative estimate of drug-likeness (QED) is 0.0160. The second-order valence-corrected chi connectivity index (χ2v) is 38.8. The number of aliphatic hydroxyl groups is 1. The molecule has 0 spiro atoms. The number of aliphatic hydroxyl groups excluding tert-OH is 1. The number of aromatic amines is 3. The van der Waals surface area contributed by atoms with Crippen molar-refractivity contribution in [2.45, 2.75) is 175 Å². The van der Waals surface area contributed by atoms with Crippen molar-refractivity contribution in [2.24, 2.45) is 0 Å². The van der Waals surface area contributed by atoms with E-state index >= 15 is 0 Å². The van der Waals surface area contributed by atoms with Gasteiger partial charge in [0.25, 0.3) is 16.7 Å². The molecule has 7 aromatic rings. The molecular formula is C60H85N17O30P4S4. The first-order valence-electron chi connectivity index (χ1n) is 35.6. The van der Waals surface area contributed by atoms with Gasteiger partial charge in [-0.3, -0.25) is 65.7 Å². The van der Waals surface area contributed by atoms with Crippen LogP contribution in [0.15, 0.2) is 50.7 Å². The van der Waals surface area contributed by atoms with Crippen molar-refractivity contribution in [3.8, 4) is 0 Å². The number of aromatic nitrogens is 14. The molecule has 0 amide bonds. The number of aryl methyl sites for hydroxylation is 1. The second kappa shape index (κ2) is 34.4. The summed E-state index contributed by atoms with van der Waals surface area (Å²) in [6.45, 7) is -13.6. The summed E-state index contributed by atoms with van der Waals surface area (Å²) in [4.78, 5) is 139. The number of nitrogen functional groups attached to an aromatic ring is 3. The minimum atomic E-state index is -4.90. The summed E-state index contributed by atoms with van der Waals surface area (Å²) in [5.41, 5.74) is 11.4. The molecule has 7 aromatic heterocycles. The fourth-order valence-electron chi connectivity index (χ4n) is 14.9. The van der Waals surface area contributed by atoms with Gasteiger partial charge in [0, 0.05) is 33.1 Å². The molecule has 0 aromatic carbocycles. The van der Waals surface area contributed by atoms with Crippen LogP contribution in [0, 0.1) is 6.92 Å². The molecule has 7 aliphatic rings. The van der Waals surface area contributed by atoms with Gasteiger partial charge in [0.2, 0.25) is 11.9 Å². The van der Waals surface area contributed by atoms with E-state index in [1.165, 1.54) is 80.4 Å². The van der Waals surface area contributed by atoms with E-state index < -0.39 is 209 Å². The molecule has 0 radical (unpaired) electrons. The zero-order valence-corrected chi connectivity index (χ0v) is 69.1. The zero-order valence-electron chi connectivity index (χ0n) is 62.2. The summed E-state index contributed by atoms with van der Waals surface area (Å²) in [7, 11) is 4.35. The highest BCUT2D eigenvalue weighted by atomic mass is 32.5. The maximum atomic E-state index is 13.7. The van der Waals surface area contributed by atoms with Crippen molar-refractivity contribution in [3.05, 3.63) is 78.6 Å². The van der Waals surface area contributed by atoms with Gasteiger partial charge in [-0.1, -0.05) is 6.92 Å². The van der Waals surface area contributed by atoms with E-state index in [1.807, 2.05) is 0 Å². The van der Waals surface area contributed by atoms with Gasteiger partial charge in [-0.05, 0) is 81.3 Å². The third-order valence-electron chi connectivity index (χ3n) is 20.5. The van der Waals surface area contributed by atoms with Crippen molar-refractivity contribution in [3.63, 3.8) is 0 Å². The summed E-state index contributed by atoms with van der Waals surface area (Å²) in [5.74, 6) is -0.521. The standard InChI is InChI=1S/C60H85N17O30P4S4/c1-9-29-37(39(91-14-11-88-7)52(100-29)76-23-67-33-47(76)69-56(62)71-50(33)80)104-110(85,114)95-20-60-28(5)99-42(55(103-60)75-22-66-32-45(61)64-21-65-46(32)75)44(60)107-109(84,113)94-18-31-38(40(92-15-12-89-8)53(101-31)77-24-68-34-48(77)70-57(63)72-51(34)81)105-111(86,115)96-19-59-27(4)98-41(54(102-59)74-16-25(2)49(79)73-58(74)82)43(59)106-108(83,112)93-17-30-35(78)36(26(3)97-30)90-13-10-87-6/h16,21-24,26-31,35-44,52-55,78H,9-15,17-20H2,1-8H3,(H,83,112)(H,84,113)(H,85,114)(H,86,115)(H2,61,64,65)(H,73,79,82)(H3,62,69,71,80)(H3,63,70,72,81)/t26-,27-,28-,29+,30+,31+,35-,36?,37-,38-,39?,40?,41?,42?,43+,44+,52+,53+,54+,55+,59-,60-,108?,109?,110?,111?/m0/s1. The van der Waals surface area contributed by atoms with Gasteiger partial charge in [0.1, 0.15) is 96.3 Å². The molecule has 7 saturated heterocycles. The van der Waals surface area contributed by atoms with Crippen LogP contribution < -0.4 is 39.6 Å². The van der Waals surface area contributed by atoms with E-state index in [0.717, 1.165) is 4.57 Å². The van der Waals surface area contributed by atoms with E-state index in [1.54, 1.807) is 20.8 Å². The normalized spacial score (nSPS) is 33.9. The Labute approximate surface area is 670 Å². The Balaban J connectivity index is 0.754. The summed E-state index contributed by atoms with van der Waals surface area (Å²) >= 11 is 23.2. The predicted molar refractivity (Wildman–Crippen MR) is 408 cm³/mol. The molecule has 7 aliphatic heterocycles. The Hall–Kier alpha value is -5.11. The van der Waals surface area contributed by atoms with Gasteiger partial charge in [0.05, 0.1) is 109 Å². The lowest BCUT2D eigenvalue weighted by Crippen LogP contribution is -2.51. The number of methoxy groups -OCH3 is 3. The van der Waals surface area contributed by atoms with Crippen LogP contribution in [0.25, 0.3) is 33.5 Å². The number of hydrogen-bond acceptors (Lipinski definition) is 40. The van der Waals surface area contributed by atoms with Gasteiger partial charge < -0.3 is 122 Å². The molecule has 634 valence electrons. The van der Waals surface area contributed by atoms with Crippen molar-refractivity contribution in [1.82, 2.24) is 68.1 Å². The van der Waals surface area contributed by atoms with Crippen LogP contribution in [0.1, 0.15) is 64.6 Å². The smallest absolute Gasteiger partial charge is 0.330 e. The predicted octanol–water partition coefficient (Wildman–Crippen LogP) is -1.27. The number of hydrogen-bond donors (Lipinski definition) is 11. The van der Waals surface area contributed by atoms with Gasteiger partial charge in [0.15, 0.2) is 58.7 Å². The Bertz CT molecular complexity index is 5170. The number of anilines is 3. The van der Waals surface area contributed by atoms with Crippen LogP contribution in [0.4, 0.5) is 17.7 Å². The number of imidazole rings is 3. The van der Waals surface area contributed by atoms with Gasteiger partial charge in [-0.25, -0.2) is 29.7 Å². The monoisotopic (exact) mass is 1780 g/mol. The molecule has 55 heteroatoms. The van der Waals surface area contributed by atoms with Crippen LogP contribution in [0.3, 0.4) is 0 Å². The van der Waals surface area contributed by atoms with E-state index in [-0.39, 0.29) is 103 Å². The molecule has 14 rings (SSSR count). The summed E-state index contributed by atoms with van der Waals surface area (Å²) in [6.07, 6.45) is -18.6. The molecule has 115 heavy (non-hydrogen) atoms. The molecule has 4 bridgehead atoms. The van der Waals surface area contributed by atoms with E-state index in [4.69, 9.17) is 162 Å². The third-order valence-corrected chi connectivity index (χ3v) is 26.6. The number of H-pyrrole nitrogens is 3. The molecule has 7 fully saturated rings. The third kappa shape index (κ3) is 17.2. The van der Waals surface area contributed by atoms with Crippen molar-refractivity contribution in [1.29, 1.82) is 0 Å². The fourth-order valence-corrected chi connectivity index (χ4v) is 20.7. The largest absolute Gasteiger partial charge is 0.387 e. The first kappa shape index (κ1) is 86.3.